The van der Waals surface area contributed by atoms with Gasteiger partial charge in [0.05, 0.1) is 5.69 Å². The van der Waals surface area contributed by atoms with Crippen LogP contribution in [0.25, 0.3) is 99.4 Å². The van der Waals surface area contributed by atoms with Crippen molar-refractivity contribution < 1.29 is 8.83 Å². The van der Waals surface area contributed by atoms with Crippen LogP contribution < -0.4 is 4.90 Å². The van der Waals surface area contributed by atoms with Gasteiger partial charge in [-0.05, 0) is 112 Å². The Morgan fingerprint density at radius 3 is 1.76 bits per heavy atom. The van der Waals surface area contributed by atoms with Crippen LogP contribution in [0.3, 0.4) is 0 Å². The summed E-state index contributed by atoms with van der Waals surface area (Å²) in [5.74, 6) is 0. The molecular formula is C58H38N2O2. The van der Waals surface area contributed by atoms with Crippen LogP contribution in [0.1, 0.15) is 5.56 Å². The topological polar surface area (TPSA) is 42.4 Å². The van der Waals surface area contributed by atoms with Crippen molar-refractivity contribution in [3.8, 4) is 44.8 Å². The molecule has 0 atom stereocenters. The third-order valence-corrected chi connectivity index (χ3v) is 12.2. The van der Waals surface area contributed by atoms with Crippen molar-refractivity contribution in [2.24, 2.45) is 0 Å². The lowest BCUT2D eigenvalue weighted by Crippen LogP contribution is -2.09. The van der Waals surface area contributed by atoms with E-state index >= 15 is 0 Å². The summed E-state index contributed by atoms with van der Waals surface area (Å²) in [5, 5.41) is 6.54. The minimum Gasteiger partial charge on any atom is -0.456 e. The number of rotatable bonds is 7. The second kappa shape index (κ2) is 14.5. The van der Waals surface area contributed by atoms with Crippen molar-refractivity contribution in [2.45, 2.75) is 6.92 Å². The smallest absolute Gasteiger partial charge is 0.161 e. The Hall–Kier alpha value is -8.21. The predicted octanol–water partition coefficient (Wildman–Crippen LogP) is 16.5. The van der Waals surface area contributed by atoms with Gasteiger partial charge in [-0.2, -0.15) is 0 Å². The maximum Gasteiger partial charge on any atom is 0.161 e. The molecule has 3 heterocycles. The number of fused-ring (bicyclic) bond motifs is 7. The summed E-state index contributed by atoms with van der Waals surface area (Å²) < 4.78 is 13.5. The fourth-order valence-corrected chi connectivity index (χ4v) is 9.23. The number of nitrogens with zero attached hydrogens (tertiary/aromatic N) is 2. The molecule has 0 spiro atoms. The monoisotopic (exact) mass is 794 g/mol. The molecule has 3 aromatic heterocycles. The van der Waals surface area contributed by atoms with Gasteiger partial charge < -0.3 is 13.7 Å². The van der Waals surface area contributed by atoms with Crippen LogP contribution in [0.5, 0.6) is 0 Å². The van der Waals surface area contributed by atoms with Gasteiger partial charge in [0.15, 0.2) is 5.58 Å². The van der Waals surface area contributed by atoms with E-state index in [1.807, 2.05) is 18.2 Å². The molecule has 0 aliphatic carbocycles. The molecule has 4 heteroatoms. The average Bonchev–Trinajstić information content (AvgIpc) is 3.91. The molecule has 0 N–H and O–H groups in total. The highest BCUT2D eigenvalue weighted by molar-refractivity contribution is 6.19. The predicted molar refractivity (Wildman–Crippen MR) is 257 cm³/mol. The number of para-hydroxylation sites is 2. The normalized spacial score (nSPS) is 11.6. The molecule has 0 saturated heterocycles. The van der Waals surface area contributed by atoms with Crippen molar-refractivity contribution >= 4 is 71.7 Å². The van der Waals surface area contributed by atoms with Crippen LogP contribution >= 0.6 is 0 Å². The SMILES string of the molecule is Cc1c(-c2cc(-c3cccc(N(c4ccccc4)c4ccc(-c5ccccc5)cc4)c3)cc3oc4cc5ccccc5cc4c23)nc(-c2ccccc2)c2oc3ccccc3c12. The minimum absolute atomic E-state index is 0.791. The molecule has 0 unspecified atom stereocenters. The molecule has 0 aliphatic heterocycles. The van der Waals surface area contributed by atoms with Crippen LogP contribution in [0.15, 0.2) is 221 Å². The van der Waals surface area contributed by atoms with Gasteiger partial charge in [-0.25, -0.2) is 4.98 Å². The summed E-state index contributed by atoms with van der Waals surface area (Å²) in [7, 11) is 0. The van der Waals surface area contributed by atoms with Crippen molar-refractivity contribution in [3.05, 3.63) is 218 Å². The molecule has 0 aliphatic rings. The number of hydrogen-bond acceptors (Lipinski definition) is 4. The van der Waals surface area contributed by atoms with Crippen LogP contribution in [-0.2, 0) is 0 Å². The number of pyridine rings is 1. The van der Waals surface area contributed by atoms with E-state index in [1.54, 1.807) is 0 Å². The Kier molecular flexibility index (Phi) is 8.36. The molecule has 0 amide bonds. The van der Waals surface area contributed by atoms with Gasteiger partial charge in [0.2, 0.25) is 0 Å². The van der Waals surface area contributed by atoms with Gasteiger partial charge in [0, 0.05) is 49.7 Å². The molecule has 9 aromatic carbocycles. The van der Waals surface area contributed by atoms with Gasteiger partial charge in [0.1, 0.15) is 22.4 Å². The first-order chi connectivity index (χ1) is 30.6. The lowest BCUT2D eigenvalue weighted by atomic mass is 9.92. The second-order valence-electron chi connectivity index (χ2n) is 15.9. The molecule has 292 valence electrons. The van der Waals surface area contributed by atoms with Gasteiger partial charge >= 0.3 is 0 Å². The Morgan fingerprint density at radius 2 is 0.984 bits per heavy atom. The van der Waals surface area contributed by atoms with Gasteiger partial charge in [0.25, 0.3) is 0 Å². The average molecular weight is 795 g/mol. The van der Waals surface area contributed by atoms with E-state index in [0.717, 1.165) is 111 Å². The number of benzene rings is 9. The Balaban J connectivity index is 1.10. The largest absolute Gasteiger partial charge is 0.456 e. The highest BCUT2D eigenvalue weighted by Crippen LogP contribution is 2.46. The lowest BCUT2D eigenvalue weighted by Gasteiger charge is -2.26. The van der Waals surface area contributed by atoms with Crippen LogP contribution in [-0.4, -0.2) is 4.98 Å². The highest BCUT2D eigenvalue weighted by atomic mass is 16.3. The van der Waals surface area contributed by atoms with E-state index in [0.29, 0.717) is 0 Å². The van der Waals surface area contributed by atoms with E-state index in [2.05, 4.69) is 206 Å². The zero-order chi connectivity index (χ0) is 41.1. The lowest BCUT2D eigenvalue weighted by molar-refractivity contribution is 0.668. The number of aromatic nitrogens is 1. The van der Waals surface area contributed by atoms with Crippen molar-refractivity contribution in [2.75, 3.05) is 4.90 Å². The molecule has 0 saturated carbocycles. The first-order valence-electron chi connectivity index (χ1n) is 21.0. The molecule has 0 bridgehead atoms. The molecule has 4 nitrogen and oxygen atoms in total. The summed E-state index contributed by atoms with van der Waals surface area (Å²) >= 11 is 0. The molecule has 62 heavy (non-hydrogen) atoms. The molecule has 0 fully saturated rings. The molecule has 12 aromatic rings. The maximum atomic E-state index is 6.89. The fraction of sp³-hybridized carbons (Fsp3) is 0.0172. The Labute approximate surface area is 358 Å². The number of anilines is 3. The maximum absolute atomic E-state index is 6.89. The zero-order valence-electron chi connectivity index (χ0n) is 33.9. The third-order valence-electron chi connectivity index (χ3n) is 12.2. The number of hydrogen-bond donors (Lipinski definition) is 0. The minimum atomic E-state index is 0.791. The summed E-state index contributed by atoms with van der Waals surface area (Å²) in [6.07, 6.45) is 0. The third kappa shape index (κ3) is 5.95. The van der Waals surface area contributed by atoms with Crippen LogP contribution in [0.4, 0.5) is 17.1 Å². The van der Waals surface area contributed by atoms with E-state index in [1.165, 1.54) is 11.1 Å². The standard InChI is InChI=1S/C58H38N2O2/c1-37-54-48-26-13-14-27-51(48)62-58(54)57(40-18-7-3-8-19-40)59-56(37)50-34-44(36-53-55(50)49-33-42-20-11-12-21-43(42)35-52(49)61-53)41-22-15-25-47(32-41)60(45-23-9-4-10-24-45)46-30-28-39(29-31-46)38-16-5-2-6-17-38/h2-36H,1H3. The molecular weight excluding hydrogens is 757 g/mol. The van der Waals surface area contributed by atoms with E-state index in [9.17, 15) is 0 Å². The van der Waals surface area contributed by atoms with Gasteiger partial charge in [-0.1, -0.05) is 146 Å². The Morgan fingerprint density at radius 1 is 0.371 bits per heavy atom. The summed E-state index contributed by atoms with van der Waals surface area (Å²) in [6.45, 7) is 2.18. The van der Waals surface area contributed by atoms with Gasteiger partial charge in [-0.15, -0.1) is 0 Å². The van der Waals surface area contributed by atoms with Crippen molar-refractivity contribution in [3.63, 3.8) is 0 Å². The quantitative estimate of drug-likeness (QED) is 0.161. The van der Waals surface area contributed by atoms with E-state index in [4.69, 9.17) is 13.8 Å². The first-order valence-corrected chi connectivity index (χ1v) is 21.0. The van der Waals surface area contributed by atoms with E-state index < -0.39 is 0 Å². The van der Waals surface area contributed by atoms with Crippen LogP contribution in [0.2, 0.25) is 0 Å². The summed E-state index contributed by atoms with van der Waals surface area (Å²) in [6, 6.07) is 74.8. The highest BCUT2D eigenvalue weighted by Gasteiger charge is 2.24. The van der Waals surface area contributed by atoms with Crippen LogP contribution in [0, 0.1) is 6.92 Å². The summed E-state index contributed by atoms with van der Waals surface area (Å²) in [5.41, 5.74) is 15.7. The zero-order valence-corrected chi connectivity index (χ0v) is 33.9. The second-order valence-corrected chi connectivity index (χ2v) is 15.9. The van der Waals surface area contributed by atoms with Crippen molar-refractivity contribution in [1.82, 2.24) is 4.98 Å². The van der Waals surface area contributed by atoms with Gasteiger partial charge in [-0.3, -0.25) is 0 Å². The summed E-state index contributed by atoms with van der Waals surface area (Å²) in [4.78, 5) is 7.90. The molecule has 12 rings (SSSR count). The van der Waals surface area contributed by atoms with Crippen molar-refractivity contribution in [1.29, 1.82) is 0 Å². The Bertz CT molecular complexity index is 3630. The molecule has 0 radical (unpaired) electrons. The van der Waals surface area contributed by atoms with E-state index in [-0.39, 0.29) is 0 Å². The number of aryl methyl sites for hydroxylation is 1. The number of furan rings is 2. The fourth-order valence-electron chi connectivity index (χ4n) is 9.23. The first kappa shape index (κ1) is 35.7.